The summed E-state index contributed by atoms with van der Waals surface area (Å²) < 4.78 is 0. The summed E-state index contributed by atoms with van der Waals surface area (Å²) in [5, 5.41) is 11.3. The maximum Gasteiger partial charge on any atom is 0.176 e. The van der Waals surface area contributed by atoms with Gasteiger partial charge in [-0.3, -0.25) is 4.79 Å². The summed E-state index contributed by atoms with van der Waals surface area (Å²) >= 11 is 0. The number of nitriles is 1. The number of ketones is 1. The van der Waals surface area contributed by atoms with Crippen LogP contribution in [0.3, 0.4) is 0 Å². The minimum absolute atomic E-state index is 0.0623. The number of rotatable bonds is 3. The van der Waals surface area contributed by atoms with E-state index in [0.717, 1.165) is 5.69 Å². The van der Waals surface area contributed by atoms with Crippen LogP contribution in [0, 0.1) is 11.3 Å². The van der Waals surface area contributed by atoms with Crippen LogP contribution >= 0.6 is 0 Å². The molecule has 0 fully saturated rings. The summed E-state index contributed by atoms with van der Waals surface area (Å²) in [4.78, 5) is 11.3. The number of nitrogens with one attached hydrogen (secondary N) is 1. The maximum absolute atomic E-state index is 11.3. The molecule has 66 valence electrons. The SMILES string of the molecule is CNc1cccc(C(=O)CC#N)c1. The first-order valence-electron chi connectivity index (χ1n) is 3.96. The number of carbonyl (C=O) groups excluding carboxylic acids is 1. The van der Waals surface area contributed by atoms with E-state index in [1.54, 1.807) is 25.2 Å². The van der Waals surface area contributed by atoms with Crippen LogP contribution in [0.5, 0.6) is 0 Å². The Hall–Kier alpha value is -1.82. The third-order valence-corrected chi connectivity index (χ3v) is 1.71. The molecule has 1 N–H and O–H groups in total. The van der Waals surface area contributed by atoms with Crippen molar-refractivity contribution in [2.75, 3.05) is 12.4 Å². The average Bonchev–Trinajstić information content (AvgIpc) is 2.18. The molecule has 0 spiro atoms. The van der Waals surface area contributed by atoms with Gasteiger partial charge in [0.05, 0.1) is 12.5 Å². The van der Waals surface area contributed by atoms with E-state index < -0.39 is 0 Å². The van der Waals surface area contributed by atoms with Crippen molar-refractivity contribution in [3.8, 4) is 6.07 Å². The van der Waals surface area contributed by atoms with Crippen LogP contribution in [0.4, 0.5) is 5.69 Å². The Morgan fingerprint density at radius 1 is 1.62 bits per heavy atom. The fourth-order valence-corrected chi connectivity index (χ4v) is 1.02. The molecule has 0 atom stereocenters. The predicted octanol–water partition coefficient (Wildman–Crippen LogP) is 1.82. The number of Topliss-reactive ketones (excluding diaryl/α,β-unsaturated/α-hetero) is 1. The largest absolute Gasteiger partial charge is 0.388 e. The fourth-order valence-electron chi connectivity index (χ4n) is 1.02. The number of hydrogen-bond acceptors (Lipinski definition) is 3. The molecule has 1 aromatic rings. The van der Waals surface area contributed by atoms with E-state index in [-0.39, 0.29) is 12.2 Å². The summed E-state index contributed by atoms with van der Waals surface area (Å²) in [6.07, 6.45) is -0.0623. The second-order valence-electron chi connectivity index (χ2n) is 2.59. The normalized spacial score (nSPS) is 8.92. The zero-order valence-electron chi connectivity index (χ0n) is 7.37. The van der Waals surface area contributed by atoms with Gasteiger partial charge in [0, 0.05) is 18.3 Å². The first-order chi connectivity index (χ1) is 6.27. The molecule has 0 aromatic heterocycles. The molecule has 0 radical (unpaired) electrons. The summed E-state index contributed by atoms with van der Waals surface area (Å²) in [6, 6.07) is 8.93. The van der Waals surface area contributed by atoms with E-state index in [1.165, 1.54) is 0 Å². The molecule has 13 heavy (non-hydrogen) atoms. The molecule has 0 aliphatic heterocycles. The van der Waals surface area contributed by atoms with Gasteiger partial charge < -0.3 is 5.32 Å². The minimum atomic E-state index is -0.139. The van der Waals surface area contributed by atoms with Crippen LogP contribution in [0.1, 0.15) is 16.8 Å². The Morgan fingerprint density at radius 3 is 3.00 bits per heavy atom. The molecule has 1 aromatic carbocycles. The van der Waals surface area contributed by atoms with Gasteiger partial charge in [0.25, 0.3) is 0 Å². The van der Waals surface area contributed by atoms with E-state index in [9.17, 15) is 4.79 Å². The van der Waals surface area contributed by atoms with Crippen LogP contribution < -0.4 is 5.32 Å². The molecular weight excluding hydrogens is 164 g/mol. The molecule has 0 amide bonds. The second kappa shape index (κ2) is 4.27. The Morgan fingerprint density at radius 2 is 2.38 bits per heavy atom. The highest BCUT2D eigenvalue weighted by atomic mass is 16.1. The Bertz CT molecular complexity index is 352. The lowest BCUT2D eigenvalue weighted by Crippen LogP contribution is -1.98. The van der Waals surface area contributed by atoms with E-state index in [0.29, 0.717) is 5.56 Å². The van der Waals surface area contributed by atoms with Crippen molar-refractivity contribution in [1.29, 1.82) is 5.26 Å². The van der Waals surface area contributed by atoms with Crippen LogP contribution in [-0.2, 0) is 0 Å². The van der Waals surface area contributed by atoms with Crippen LogP contribution in [0.25, 0.3) is 0 Å². The van der Waals surface area contributed by atoms with Crippen molar-refractivity contribution in [3.05, 3.63) is 29.8 Å². The summed E-state index contributed by atoms with van der Waals surface area (Å²) in [6.45, 7) is 0. The number of benzene rings is 1. The van der Waals surface area contributed by atoms with Gasteiger partial charge in [0.2, 0.25) is 0 Å². The van der Waals surface area contributed by atoms with E-state index in [1.807, 2.05) is 12.1 Å². The second-order valence-corrected chi connectivity index (χ2v) is 2.59. The Kier molecular flexibility index (Phi) is 3.04. The van der Waals surface area contributed by atoms with E-state index in [2.05, 4.69) is 5.32 Å². The van der Waals surface area contributed by atoms with Crippen molar-refractivity contribution in [1.82, 2.24) is 0 Å². The van der Waals surface area contributed by atoms with E-state index >= 15 is 0 Å². The van der Waals surface area contributed by atoms with Gasteiger partial charge in [-0.1, -0.05) is 12.1 Å². The molecule has 3 heteroatoms. The van der Waals surface area contributed by atoms with Crippen molar-refractivity contribution in [2.45, 2.75) is 6.42 Å². The Balaban J connectivity index is 2.89. The molecule has 0 saturated carbocycles. The molecule has 0 bridgehead atoms. The maximum atomic E-state index is 11.3. The van der Waals surface area contributed by atoms with Gasteiger partial charge >= 0.3 is 0 Å². The van der Waals surface area contributed by atoms with E-state index in [4.69, 9.17) is 5.26 Å². The lowest BCUT2D eigenvalue weighted by atomic mass is 10.1. The van der Waals surface area contributed by atoms with Crippen molar-refractivity contribution >= 4 is 11.5 Å². The van der Waals surface area contributed by atoms with Crippen LogP contribution in [-0.4, -0.2) is 12.8 Å². The van der Waals surface area contributed by atoms with Gasteiger partial charge in [-0.05, 0) is 12.1 Å². The molecule has 0 heterocycles. The van der Waals surface area contributed by atoms with Crippen LogP contribution in [0.2, 0.25) is 0 Å². The van der Waals surface area contributed by atoms with Crippen LogP contribution in [0.15, 0.2) is 24.3 Å². The lowest BCUT2D eigenvalue weighted by Gasteiger charge is -2.01. The smallest absolute Gasteiger partial charge is 0.176 e. The Labute approximate surface area is 77.0 Å². The van der Waals surface area contributed by atoms with Crippen molar-refractivity contribution < 1.29 is 4.79 Å². The molecule has 3 nitrogen and oxygen atoms in total. The monoisotopic (exact) mass is 174 g/mol. The quantitative estimate of drug-likeness (QED) is 0.711. The van der Waals surface area contributed by atoms with Gasteiger partial charge in [-0.25, -0.2) is 0 Å². The highest BCUT2D eigenvalue weighted by Crippen LogP contribution is 2.11. The van der Waals surface area contributed by atoms with Gasteiger partial charge in [0.1, 0.15) is 0 Å². The molecule has 0 saturated heterocycles. The first-order valence-corrected chi connectivity index (χ1v) is 3.96. The third-order valence-electron chi connectivity index (χ3n) is 1.71. The highest BCUT2D eigenvalue weighted by molar-refractivity contribution is 5.98. The molecular formula is C10H10N2O. The standard InChI is InChI=1S/C10H10N2O/c1-12-9-4-2-3-8(7-9)10(13)5-6-11/h2-4,7,12H,5H2,1H3. The fraction of sp³-hybridized carbons (Fsp3) is 0.200. The van der Waals surface area contributed by atoms with Gasteiger partial charge in [-0.2, -0.15) is 5.26 Å². The molecule has 0 aliphatic rings. The molecule has 1 rings (SSSR count). The van der Waals surface area contributed by atoms with Gasteiger partial charge in [-0.15, -0.1) is 0 Å². The number of nitrogens with zero attached hydrogens (tertiary/aromatic N) is 1. The zero-order valence-corrected chi connectivity index (χ0v) is 7.37. The number of anilines is 1. The molecule has 0 aliphatic carbocycles. The third kappa shape index (κ3) is 2.31. The van der Waals surface area contributed by atoms with Gasteiger partial charge in [0.15, 0.2) is 5.78 Å². The summed E-state index contributed by atoms with van der Waals surface area (Å²) in [7, 11) is 1.79. The highest BCUT2D eigenvalue weighted by Gasteiger charge is 2.04. The first kappa shape index (κ1) is 9.27. The average molecular weight is 174 g/mol. The lowest BCUT2D eigenvalue weighted by molar-refractivity contribution is 0.0998. The number of hydrogen-bond donors (Lipinski definition) is 1. The summed E-state index contributed by atoms with van der Waals surface area (Å²) in [5.41, 5.74) is 1.46. The van der Waals surface area contributed by atoms with Crippen molar-refractivity contribution in [3.63, 3.8) is 0 Å². The topological polar surface area (TPSA) is 52.9 Å². The number of carbonyl (C=O) groups is 1. The van der Waals surface area contributed by atoms with Crippen molar-refractivity contribution in [2.24, 2.45) is 0 Å². The predicted molar refractivity (Wildman–Crippen MR) is 50.5 cm³/mol. The zero-order chi connectivity index (χ0) is 9.68. The minimum Gasteiger partial charge on any atom is -0.388 e. The summed E-state index contributed by atoms with van der Waals surface area (Å²) in [5.74, 6) is -0.139. The molecule has 0 unspecified atom stereocenters.